The van der Waals surface area contributed by atoms with E-state index in [1.54, 1.807) is 24.1 Å². The Morgan fingerprint density at radius 3 is 2.17 bits per heavy atom. The number of nitrogens with zero attached hydrogens (tertiary/aromatic N) is 1. The highest BCUT2D eigenvalue weighted by molar-refractivity contribution is 5.97. The number of carbonyl (C=O) groups is 2. The number of Topliss-reactive ketones (excluding diaryl/α,β-unsaturated/α-hetero) is 1. The number of amides is 1. The average molecular weight is 309 g/mol. The van der Waals surface area contributed by atoms with Crippen LogP contribution in [-0.2, 0) is 4.79 Å². The zero-order valence-corrected chi connectivity index (χ0v) is 14.0. The Morgan fingerprint density at radius 2 is 1.57 bits per heavy atom. The van der Waals surface area contributed by atoms with Gasteiger partial charge in [-0.05, 0) is 19.4 Å². The molecule has 0 spiro atoms. The van der Waals surface area contributed by atoms with E-state index in [1.807, 2.05) is 56.3 Å². The number of carbonyl (C=O) groups excluding carboxylic acids is 2. The summed E-state index contributed by atoms with van der Waals surface area (Å²) >= 11 is 0. The fourth-order valence-electron chi connectivity index (χ4n) is 2.45. The van der Waals surface area contributed by atoms with Crippen molar-refractivity contribution in [2.45, 2.75) is 32.7 Å². The second kappa shape index (κ2) is 7.73. The zero-order valence-electron chi connectivity index (χ0n) is 14.0. The Morgan fingerprint density at radius 1 is 0.957 bits per heavy atom. The van der Waals surface area contributed by atoms with Gasteiger partial charge in [0, 0.05) is 25.5 Å². The van der Waals surface area contributed by atoms with Crippen molar-refractivity contribution in [1.82, 2.24) is 4.90 Å². The molecule has 1 atom stereocenters. The fourth-order valence-corrected chi connectivity index (χ4v) is 2.45. The molecule has 3 heteroatoms. The molecule has 0 aromatic heterocycles. The first-order valence-electron chi connectivity index (χ1n) is 7.89. The molecule has 0 saturated carbocycles. The molecule has 0 aliphatic rings. The summed E-state index contributed by atoms with van der Waals surface area (Å²) in [6.07, 6.45) is 0.480. The van der Waals surface area contributed by atoms with Crippen molar-refractivity contribution in [3.05, 3.63) is 71.3 Å². The molecule has 120 valence electrons. The maximum absolute atomic E-state index is 12.3. The summed E-state index contributed by atoms with van der Waals surface area (Å²) in [6, 6.07) is 17.3. The van der Waals surface area contributed by atoms with Crippen LogP contribution in [0.3, 0.4) is 0 Å². The van der Waals surface area contributed by atoms with Gasteiger partial charge in [-0.15, -0.1) is 0 Å². The van der Waals surface area contributed by atoms with Gasteiger partial charge in [0.1, 0.15) is 0 Å². The molecular weight excluding hydrogens is 286 g/mol. The number of rotatable bonds is 6. The van der Waals surface area contributed by atoms with Crippen molar-refractivity contribution in [3.8, 4) is 0 Å². The van der Waals surface area contributed by atoms with Crippen LogP contribution in [0.4, 0.5) is 0 Å². The molecule has 2 aromatic carbocycles. The number of benzene rings is 2. The normalized spacial score (nSPS) is 11.8. The molecular formula is C20H23NO2. The van der Waals surface area contributed by atoms with E-state index >= 15 is 0 Å². The van der Waals surface area contributed by atoms with E-state index in [0.717, 1.165) is 5.56 Å². The molecule has 0 N–H and O–H groups in total. The second-order valence-electron chi connectivity index (χ2n) is 5.88. The minimum absolute atomic E-state index is 0.00470. The van der Waals surface area contributed by atoms with Gasteiger partial charge in [0.2, 0.25) is 5.91 Å². The highest BCUT2D eigenvalue weighted by atomic mass is 16.2. The lowest BCUT2D eigenvalue weighted by Gasteiger charge is -2.25. The lowest BCUT2D eigenvalue weighted by Crippen LogP contribution is -2.29. The Kier molecular flexibility index (Phi) is 5.69. The molecule has 0 aliphatic carbocycles. The first-order chi connectivity index (χ1) is 11.0. The standard InChI is InChI=1S/C20H23NO2/c1-15-9-11-17(12-10-15)16(2)21(3)20(23)14-13-19(22)18-7-5-4-6-8-18/h4-12,16H,13-14H2,1-3H3. The zero-order chi connectivity index (χ0) is 16.8. The van der Waals surface area contributed by atoms with Crippen molar-refractivity contribution < 1.29 is 9.59 Å². The van der Waals surface area contributed by atoms with Crippen molar-refractivity contribution >= 4 is 11.7 Å². The predicted octanol–water partition coefficient (Wildman–Crippen LogP) is 4.18. The van der Waals surface area contributed by atoms with Gasteiger partial charge in [0.05, 0.1) is 6.04 Å². The van der Waals surface area contributed by atoms with Crippen LogP contribution in [0.25, 0.3) is 0 Å². The van der Waals surface area contributed by atoms with Gasteiger partial charge in [-0.2, -0.15) is 0 Å². The molecule has 3 nitrogen and oxygen atoms in total. The van der Waals surface area contributed by atoms with E-state index in [9.17, 15) is 9.59 Å². The van der Waals surface area contributed by atoms with Crippen molar-refractivity contribution in [3.63, 3.8) is 0 Å². The molecule has 2 rings (SSSR count). The largest absolute Gasteiger partial charge is 0.339 e. The summed E-state index contributed by atoms with van der Waals surface area (Å²) in [5.74, 6) is -0.00213. The molecule has 1 unspecified atom stereocenters. The van der Waals surface area contributed by atoms with E-state index < -0.39 is 0 Å². The van der Waals surface area contributed by atoms with Gasteiger partial charge in [-0.1, -0.05) is 60.2 Å². The third-order valence-electron chi connectivity index (χ3n) is 4.20. The fraction of sp³-hybridized carbons (Fsp3) is 0.300. The molecule has 0 aliphatic heterocycles. The van der Waals surface area contributed by atoms with E-state index in [-0.39, 0.29) is 30.6 Å². The van der Waals surface area contributed by atoms with Crippen LogP contribution in [0.5, 0.6) is 0 Å². The molecule has 0 heterocycles. The average Bonchev–Trinajstić information content (AvgIpc) is 2.59. The van der Waals surface area contributed by atoms with Crippen LogP contribution in [0.1, 0.15) is 47.3 Å². The maximum atomic E-state index is 12.3. The first-order valence-corrected chi connectivity index (χ1v) is 7.89. The Hall–Kier alpha value is -2.42. The van der Waals surface area contributed by atoms with Crippen LogP contribution in [0.2, 0.25) is 0 Å². The van der Waals surface area contributed by atoms with Crippen LogP contribution in [-0.4, -0.2) is 23.6 Å². The summed E-state index contributed by atoms with van der Waals surface area (Å²) in [5, 5.41) is 0. The van der Waals surface area contributed by atoms with Crippen molar-refractivity contribution in [2.75, 3.05) is 7.05 Å². The topological polar surface area (TPSA) is 37.4 Å². The van der Waals surface area contributed by atoms with E-state index in [0.29, 0.717) is 5.56 Å². The van der Waals surface area contributed by atoms with Gasteiger partial charge >= 0.3 is 0 Å². The minimum Gasteiger partial charge on any atom is -0.339 e. The van der Waals surface area contributed by atoms with Gasteiger partial charge in [0.15, 0.2) is 5.78 Å². The summed E-state index contributed by atoms with van der Waals surface area (Å²) in [4.78, 5) is 26.1. The number of ketones is 1. The SMILES string of the molecule is Cc1ccc(C(C)N(C)C(=O)CCC(=O)c2ccccc2)cc1. The van der Waals surface area contributed by atoms with Gasteiger partial charge in [-0.25, -0.2) is 0 Å². The van der Waals surface area contributed by atoms with Crippen LogP contribution >= 0.6 is 0 Å². The lowest BCUT2D eigenvalue weighted by atomic mass is 10.0. The van der Waals surface area contributed by atoms with Crippen LogP contribution in [0, 0.1) is 6.92 Å². The molecule has 23 heavy (non-hydrogen) atoms. The number of aryl methyl sites for hydroxylation is 1. The molecule has 0 bridgehead atoms. The monoisotopic (exact) mass is 309 g/mol. The number of hydrogen-bond donors (Lipinski definition) is 0. The van der Waals surface area contributed by atoms with Crippen LogP contribution in [0.15, 0.2) is 54.6 Å². The summed E-state index contributed by atoms with van der Waals surface area (Å²) in [6.45, 7) is 4.04. The summed E-state index contributed by atoms with van der Waals surface area (Å²) in [5.41, 5.74) is 2.96. The van der Waals surface area contributed by atoms with Crippen LogP contribution < -0.4 is 0 Å². The lowest BCUT2D eigenvalue weighted by molar-refractivity contribution is -0.131. The van der Waals surface area contributed by atoms with Gasteiger partial charge < -0.3 is 4.90 Å². The van der Waals surface area contributed by atoms with Crippen molar-refractivity contribution in [2.24, 2.45) is 0 Å². The second-order valence-corrected chi connectivity index (χ2v) is 5.88. The third-order valence-corrected chi connectivity index (χ3v) is 4.20. The Labute approximate surface area is 137 Å². The van der Waals surface area contributed by atoms with E-state index in [4.69, 9.17) is 0 Å². The van der Waals surface area contributed by atoms with Gasteiger partial charge in [0.25, 0.3) is 0 Å². The summed E-state index contributed by atoms with van der Waals surface area (Å²) < 4.78 is 0. The quantitative estimate of drug-likeness (QED) is 0.751. The summed E-state index contributed by atoms with van der Waals surface area (Å²) in [7, 11) is 1.79. The highest BCUT2D eigenvalue weighted by Crippen LogP contribution is 2.20. The molecule has 2 aromatic rings. The minimum atomic E-state index is -0.0117. The van der Waals surface area contributed by atoms with Gasteiger partial charge in [-0.3, -0.25) is 9.59 Å². The first kappa shape index (κ1) is 16.9. The Bertz CT molecular complexity index is 662. The van der Waals surface area contributed by atoms with E-state index in [2.05, 4.69) is 0 Å². The maximum Gasteiger partial charge on any atom is 0.223 e. The highest BCUT2D eigenvalue weighted by Gasteiger charge is 2.18. The van der Waals surface area contributed by atoms with Crippen molar-refractivity contribution in [1.29, 1.82) is 0 Å². The Balaban J connectivity index is 1.92. The smallest absolute Gasteiger partial charge is 0.223 e. The predicted molar refractivity (Wildman–Crippen MR) is 92.4 cm³/mol. The number of hydrogen-bond acceptors (Lipinski definition) is 2. The van der Waals surface area contributed by atoms with E-state index in [1.165, 1.54) is 5.56 Å². The molecule has 0 fully saturated rings. The molecule has 0 radical (unpaired) electrons. The third kappa shape index (κ3) is 4.52. The molecule has 0 saturated heterocycles. The molecule has 1 amide bonds.